The number of unbranched alkanes of at least 4 members (excludes halogenated alkanes) is 1. The van der Waals surface area contributed by atoms with Crippen molar-refractivity contribution in [3.05, 3.63) is 0 Å². The smallest absolute Gasteiger partial charge is 0.337 e. The fourth-order valence-electron chi connectivity index (χ4n) is 0.877. The molecule has 0 rings (SSSR count). The van der Waals surface area contributed by atoms with Gasteiger partial charge in [-0.05, 0) is 27.2 Å². The Balaban J connectivity index is 3.79. The highest BCUT2D eigenvalue weighted by molar-refractivity contribution is 5.78. The second-order valence-electron chi connectivity index (χ2n) is 3.92. The summed E-state index contributed by atoms with van der Waals surface area (Å²) < 4.78 is 5.03. The fourth-order valence-corrected chi connectivity index (χ4v) is 0.877. The van der Waals surface area contributed by atoms with E-state index in [-0.39, 0.29) is 6.10 Å². The zero-order valence-electron chi connectivity index (χ0n) is 8.96. The number of carbonyl (C=O) groups excluding carboxylic acids is 1. The lowest BCUT2D eigenvalue weighted by Gasteiger charge is -2.19. The maximum Gasteiger partial charge on any atom is 0.337 e. The molecule has 0 aromatic carbocycles. The van der Waals surface area contributed by atoms with E-state index in [1.807, 2.05) is 6.92 Å². The first kappa shape index (κ1) is 12.4. The van der Waals surface area contributed by atoms with Gasteiger partial charge in [-0.15, -0.1) is 0 Å². The molecule has 0 aliphatic carbocycles. The van der Waals surface area contributed by atoms with E-state index in [0.717, 1.165) is 19.3 Å². The summed E-state index contributed by atoms with van der Waals surface area (Å²) in [4.78, 5) is 11.2. The molecule has 0 fully saturated rings. The van der Waals surface area contributed by atoms with Crippen molar-refractivity contribution in [1.82, 2.24) is 0 Å². The van der Waals surface area contributed by atoms with Crippen molar-refractivity contribution in [2.75, 3.05) is 0 Å². The summed E-state index contributed by atoms with van der Waals surface area (Å²) in [5.41, 5.74) is -1.37. The molecular weight excluding hydrogens is 168 g/mol. The number of hydrogen-bond acceptors (Lipinski definition) is 3. The summed E-state index contributed by atoms with van der Waals surface area (Å²) in [5, 5.41) is 9.29. The van der Waals surface area contributed by atoms with Crippen LogP contribution in [-0.2, 0) is 9.53 Å². The topological polar surface area (TPSA) is 46.5 Å². The molecule has 0 spiro atoms. The predicted octanol–water partition coefficient (Wildman–Crippen LogP) is 1.88. The van der Waals surface area contributed by atoms with Gasteiger partial charge in [-0.2, -0.15) is 0 Å². The quantitative estimate of drug-likeness (QED) is 0.670. The number of carbonyl (C=O) groups is 1. The summed E-state index contributed by atoms with van der Waals surface area (Å²) in [6.45, 7) is 6.80. The number of rotatable bonds is 5. The van der Waals surface area contributed by atoms with Crippen LogP contribution in [0.5, 0.6) is 0 Å². The van der Waals surface area contributed by atoms with E-state index >= 15 is 0 Å². The van der Waals surface area contributed by atoms with E-state index in [9.17, 15) is 9.90 Å². The number of hydrogen-bond donors (Lipinski definition) is 1. The van der Waals surface area contributed by atoms with Crippen molar-refractivity contribution >= 4 is 5.97 Å². The molecule has 78 valence electrons. The predicted molar refractivity (Wildman–Crippen MR) is 51.4 cm³/mol. The maximum atomic E-state index is 11.2. The normalized spacial score (nSPS) is 13.9. The molecule has 0 aliphatic rings. The molecule has 0 aromatic rings. The van der Waals surface area contributed by atoms with Gasteiger partial charge in [0, 0.05) is 0 Å². The minimum atomic E-state index is -1.37. The molecule has 1 unspecified atom stereocenters. The minimum absolute atomic E-state index is 0.0983. The Morgan fingerprint density at radius 2 is 2.08 bits per heavy atom. The van der Waals surface area contributed by atoms with Crippen molar-refractivity contribution < 1.29 is 14.6 Å². The Labute approximate surface area is 80.1 Å². The summed E-state index contributed by atoms with van der Waals surface area (Å²) in [6.07, 6.45) is 2.89. The second-order valence-corrected chi connectivity index (χ2v) is 3.92. The molecule has 13 heavy (non-hydrogen) atoms. The van der Waals surface area contributed by atoms with Crippen LogP contribution in [0.15, 0.2) is 0 Å². The molecule has 0 saturated heterocycles. The average molecular weight is 188 g/mol. The molecule has 1 atom stereocenters. The third-order valence-electron chi connectivity index (χ3n) is 1.77. The van der Waals surface area contributed by atoms with E-state index in [1.54, 1.807) is 0 Å². The number of ether oxygens (including phenoxy) is 1. The molecule has 1 N–H and O–H groups in total. The van der Waals surface area contributed by atoms with E-state index in [2.05, 4.69) is 6.92 Å². The van der Waals surface area contributed by atoms with E-state index in [1.165, 1.54) is 13.8 Å². The minimum Gasteiger partial charge on any atom is -0.461 e. The van der Waals surface area contributed by atoms with Crippen molar-refractivity contribution in [1.29, 1.82) is 0 Å². The van der Waals surface area contributed by atoms with Crippen LogP contribution in [0.4, 0.5) is 0 Å². The van der Waals surface area contributed by atoms with Crippen molar-refractivity contribution in [3.63, 3.8) is 0 Å². The third-order valence-corrected chi connectivity index (χ3v) is 1.77. The van der Waals surface area contributed by atoms with Crippen LogP contribution in [-0.4, -0.2) is 22.8 Å². The Hall–Kier alpha value is -0.570. The van der Waals surface area contributed by atoms with Gasteiger partial charge in [-0.1, -0.05) is 19.8 Å². The Bertz CT molecular complexity index is 158. The highest BCUT2D eigenvalue weighted by Crippen LogP contribution is 2.10. The van der Waals surface area contributed by atoms with Gasteiger partial charge in [0.05, 0.1) is 6.10 Å². The highest BCUT2D eigenvalue weighted by Gasteiger charge is 2.26. The fraction of sp³-hybridized carbons (Fsp3) is 0.900. The second kappa shape index (κ2) is 5.22. The lowest BCUT2D eigenvalue weighted by molar-refractivity contribution is -0.166. The molecule has 3 heteroatoms. The molecule has 0 saturated carbocycles. The van der Waals surface area contributed by atoms with E-state index in [4.69, 9.17) is 4.74 Å². The Morgan fingerprint density at radius 1 is 1.54 bits per heavy atom. The van der Waals surface area contributed by atoms with Crippen LogP contribution in [0.3, 0.4) is 0 Å². The highest BCUT2D eigenvalue weighted by atomic mass is 16.6. The first-order chi connectivity index (χ1) is 5.88. The van der Waals surface area contributed by atoms with Crippen LogP contribution >= 0.6 is 0 Å². The summed E-state index contributed by atoms with van der Waals surface area (Å²) in [7, 11) is 0. The molecule has 0 aliphatic heterocycles. The first-order valence-electron chi connectivity index (χ1n) is 4.81. The van der Waals surface area contributed by atoms with Gasteiger partial charge in [0.1, 0.15) is 0 Å². The van der Waals surface area contributed by atoms with Crippen LogP contribution < -0.4 is 0 Å². The first-order valence-corrected chi connectivity index (χ1v) is 4.81. The molecule has 0 radical (unpaired) electrons. The zero-order chi connectivity index (χ0) is 10.5. The molecule has 0 bridgehead atoms. The monoisotopic (exact) mass is 188 g/mol. The largest absolute Gasteiger partial charge is 0.461 e. The lowest BCUT2D eigenvalue weighted by atomic mass is 10.1. The van der Waals surface area contributed by atoms with Crippen molar-refractivity contribution in [2.24, 2.45) is 0 Å². The lowest BCUT2D eigenvalue weighted by Crippen LogP contribution is -2.35. The maximum absolute atomic E-state index is 11.2. The van der Waals surface area contributed by atoms with Crippen molar-refractivity contribution in [2.45, 2.75) is 58.7 Å². The van der Waals surface area contributed by atoms with Gasteiger partial charge in [-0.3, -0.25) is 0 Å². The number of esters is 1. The SMILES string of the molecule is CCCCC(C)OC(=O)C(C)(C)O. The Morgan fingerprint density at radius 3 is 2.46 bits per heavy atom. The van der Waals surface area contributed by atoms with Crippen LogP contribution in [0.1, 0.15) is 47.0 Å². The Kier molecular flexibility index (Phi) is 4.99. The van der Waals surface area contributed by atoms with Crippen LogP contribution in [0.25, 0.3) is 0 Å². The summed E-state index contributed by atoms with van der Waals surface area (Å²) in [6, 6.07) is 0. The molecule has 0 amide bonds. The van der Waals surface area contributed by atoms with E-state index in [0.29, 0.717) is 0 Å². The van der Waals surface area contributed by atoms with Gasteiger partial charge in [-0.25, -0.2) is 4.79 Å². The average Bonchev–Trinajstić information content (AvgIpc) is 1.99. The molecule has 3 nitrogen and oxygen atoms in total. The molecule has 0 heterocycles. The van der Waals surface area contributed by atoms with Crippen LogP contribution in [0, 0.1) is 0 Å². The van der Waals surface area contributed by atoms with Gasteiger partial charge < -0.3 is 9.84 Å². The number of aliphatic hydroxyl groups is 1. The third kappa shape index (κ3) is 5.64. The van der Waals surface area contributed by atoms with Gasteiger partial charge in [0.2, 0.25) is 0 Å². The van der Waals surface area contributed by atoms with Gasteiger partial charge >= 0.3 is 5.97 Å². The van der Waals surface area contributed by atoms with Crippen molar-refractivity contribution in [3.8, 4) is 0 Å². The van der Waals surface area contributed by atoms with Crippen LogP contribution in [0.2, 0.25) is 0 Å². The van der Waals surface area contributed by atoms with E-state index < -0.39 is 11.6 Å². The summed E-state index contributed by atoms with van der Waals surface area (Å²) >= 11 is 0. The molecule has 0 aromatic heterocycles. The summed E-state index contributed by atoms with van der Waals surface area (Å²) in [5.74, 6) is -0.545. The standard InChI is InChI=1S/C10H20O3/c1-5-6-7-8(2)13-9(11)10(3,4)12/h8,12H,5-7H2,1-4H3. The van der Waals surface area contributed by atoms with Gasteiger partial charge in [0.15, 0.2) is 5.60 Å². The zero-order valence-corrected chi connectivity index (χ0v) is 8.96. The van der Waals surface area contributed by atoms with Gasteiger partial charge in [0.25, 0.3) is 0 Å². The molecular formula is C10H20O3.